The van der Waals surface area contributed by atoms with E-state index in [1.165, 1.54) is 5.56 Å². The van der Waals surface area contributed by atoms with Crippen LogP contribution in [0.5, 0.6) is 5.75 Å². The Morgan fingerprint density at radius 3 is 2.69 bits per heavy atom. The van der Waals surface area contributed by atoms with Crippen molar-refractivity contribution in [3.05, 3.63) is 28.8 Å². The fourth-order valence-electron chi connectivity index (χ4n) is 1.48. The molecular formula is C13H20ClNO. The summed E-state index contributed by atoms with van der Waals surface area (Å²) < 4.78 is 5.39. The molecule has 0 heterocycles. The average molecular weight is 242 g/mol. The first-order chi connectivity index (χ1) is 7.63. The molecular weight excluding hydrogens is 222 g/mol. The lowest BCUT2D eigenvalue weighted by Crippen LogP contribution is -2.24. The number of benzene rings is 1. The van der Waals surface area contributed by atoms with Gasteiger partial charge in [-0.05, 0) is 37.6 Å². The van der Waals surface area contributed by atoms with E-state index in [-0.39, 0.29) is 0 Å². The van der Waals surface area contributed by atoms with Crippen LogP contribution in [0.1, 0.15) is 26.3 Å². The van der Waals surface area contributed by atoms with Crippen LogP contribution in [0.3, 0.4) is 0 Å². The van der Waals surface area contributed by atoms with E-state index >= 15 is 0 Å². The van der Waals surface area contributed by atoms with Crippen LogP contribution < -0.4 is 10.1 Å². The molecule has 0 aliphatic carbocycles. The van der Waals surface area contributed by atoms with Crippen LogP contribution in [0.2, 0.25) is 5.02 Å². The van der Waals surface area contributed by atoms with Crippen LogP contribution in [-0.4, -0.2) is 19.2 Å². The van der Waals surface area contributed by atoms with Gasteiger partial charge in [0.15, 0.2) is 0 Å². The van der Waals surface area contributed by atoms with Gasteiger partial charge in [-0.15, -0.1) is 0 Å². The zero-order valence-corrected chi connectivity index (χ0v) is 11.0. The van der Waals surface area contributed by atoms with Gasteiger partial charge in [-0.2, -0.15) is 0 Å². The molecule has 0 saturated heterocycles. The van der Waals surface area contributed by atoms with E-state index in [0.29, 0.717) is 17.7 Å². The third kappa shape index (κ3) is 4.42. The first kappa shape index (κ1) is 13.3. The zero-order chi connectivity index (χ0) is 12.0. The smallest absolute Gasteiger partial charge is 0.137 e. The minimum atomic E-state index is 0.526. The number of rotatable bonds is 6. The van der Waals surface area contributed by atoms with Gasteiger partial charge in [0.1, 0.15) is 5.75 Å². The molecule has 0 unspecified atom stereocenters. The second-order valence-electron chi connectivity index (χ2n) is 4.06. The molecule has 0 saturated carbocycles. The van der Waals surface area contributed by atoms with Crippen LogP contribution in [-0.2, 0) is 6.42 Å². The minimum absolute atomic E-state index is 0.526. The van der Waals surface area contributed by atoms with Crippen molar-refractivity contribution >= 4 is 11.6 Å². The van der Waals surface area contributed by atoms with Crippen molar-refractivity contribution in [3.8, 4) is 5.75 Å². The fourth-order valence-corrected chi connectivity index (χ4v) is 1.74. The van der Waals surface area contributed by atoms with Crippen molar-refractivity contribution < 1.29 is 4.74 Å². The molecule has 0 radical (unpaired) electrons. The highest BCUT2D eigenvalue weighted by Crippen LogP contribution is 2.25. The normalized spacial score (nSPS) is 10.8. The van der Waals surface area contributed by atoms with E-state index in [0.717, 1.165) is 18.7 Å². The van der Waals surface area contributed by atoms with Gasteiger partial charge in [0.05, 0.1) is 11.6 Å². The molecule has 0 spiro atoms. The number of halogens is 1. The monoisotopic (exact) mass is 241 g/mol. The Balaban J connectivity index is 2.52. The molecule has 0 amide bonds. The molecule has 0 aromatic heterocycles. The maximum Gasteiger partial charge on any atom is 0.137 e. The topological polar surface area (TPSA) is 21.3 Å². The second-order valence-corrected chi connectivity index (χ2v) is 4.46. The lowest BCUT2D eigenvalue weighted by Gasteiger charge is -2.10. The largest absolute Gasteiger partial charge is 0.492 e. The van der Waals surface area contributed by atoms with Crippen LogP contribution >= 0.6 is 11.6 Å². The van der Waals surface area contributed by atoms with E-state index in [2.05, 4.69) is 25.2 Å². The summed E-state index contributed by atoms with van der Waals surface area (Å²) >= 11 is 6.10. The number of nitrogens with one attached hydrogen (secondary N) is 1. The summed E-state index contributed by atoms with van der Waals surface area (Å²) in [5.41, 5.74) is 1.24. The summed E-state index contributed by atoms with van der Waals surface area (Å²) in [6, 6.07) is 6.52. The van der Waals surface area contributed by atoms with Crippen molar-refractivity contribution in [2.45, 2.75) is 33.2 Å². The molecule has 0 atom stereocenters. The van der Waals surface area contributed by atoms with Crippen molar-refractivity contribution in [1.29, 1.82) is 0 Å². The second kappa shape index (κ2) is 6.77. The SMILES string of the molecule is CCOc1ccc(CCNC(C)C)cc1Cl. The first-order valence-electron chi connectivity index (χ1n) is 5.78. The van der Waals surface area contributed by atoms with Gasteiger partial charge in [-0.25, -0.2) is 0 Å². The third-order valence-corrected chi connectivity index (χ3v) is 2.56. The summed E-state index contributed by atoms with van der Waals surface area (Å²) in [6.45, 7) is 7.86. The molecule has 16 heavy (non-hydrogen) atoms. The highest BCUT2D eigenvalue weighted by molar-refractivity contribution is 6.32. The Bertz CT molecular complexity index is 326. The molecule has 0 bridgehead atoms. The van der Waals surface area contributed by atoms with E-state index in [1.807, 2.05) is 19.1 Å². The van der Waals surface area contributed by atoms with Crippen LogP contribution in [0.25, 0.3) is 0 Å². The average Bonchev–Trinajstić information content (AvgIpc) is 2.21. The molecule has 3 heteroatoms. The Morgan fingerprint density at radius 2 is 2.12 bits per heavy atom. The molecule has 1 aromatic rings. The lowest BCUT2D eigenvalue weighted by molar-refractivity contribution is 0.340. The van der Waals surface area contributed by atoms with Crippen molar-refractivity contribution in [3.63, 3.8) is 0 Å². The predicted molar refractivity (Wildman–Crippen MR) is 69.5 cm³/mol. The summed E-state index contributed by atoms with van der Waals surface area (Å²) in [6.07, 6.45) is 0.990. The van der Waals surface area contributed by atoms with E-state index in [1.54, 1.807) is 0 Å². The first-order valence-corrected chi connectivity index (χ1v) is 6.16. The molecule has 0 aliphatic heterocycles. The summed E-state index contributed by atoms with van der Waals surface area (Å²) in [7, 11) is 0. The molecule has 1 N–H and O–H groups in total. The van der Waals surface area contributed by atoms with Crippen LogP contribution in [0.15, 0.2) is 18.2 Å². The van der Waals surface area contributed by atoms with Gasteiger partial charge in [-0.1, -0.05) is 31.5 Å². The number of ether oxygens (including phenoxy) is 1. The Morgan fingerprint density at radius 1 is 1.38 bits per heavy atom. The maximum atomic E-state index is 6.10. The standard InChI is InChI=1S/C13H20ClNO/c1-4-16-13-6-5-11(9-12(13)14)7-8-15-10(2)3/h5-6,9-10,15H,4,7-8H2,1-3H3. The lowest BCUT2D eigenvalue weighted by atomic mass is 10.1. The Labute approximate surface area is 103 Å². The quantitative estimate of drug-likeness (QED) is 0.825. The Kier molecular flexibility index (Phi) is 5.64. The van der Waals surface area contributed by atoms with Gasteiger partial charge < -0.3 is 10.1 Å². The van der Waals surface area contributed by atoms with Gasteiger partial charge in [-0.3, -0.25) is 0 Å². The zero-order valence-electron chi connectivity index (χ0n) is 10.2. The molecule has 0 aliphatic rings. The molecule has 90 valence electrons. The predicted octanol–water partition coefficient (Wildman–Crippen LogP) is 3.28. The summed E-state index contributed by atoms with van der Waals surface area (Å²) in [4.78, 5) is 0. The highest BCUT2D eigenvalue weighted by atomic mass is 35.5. The summed E-state index contributed by atoms with van der Waals surface area (Å²) in [5.74, 6) is 0.768. The molecule has 1 rings (SSSR count). The van der Waals surface area contributed by atoms with Crippen molar-refractivity contribution in [2.24, 2.45) is 0 Å². The van der Waals surface area contributed by atoms with Crippen molar-refractivity contribution in [1.82, 2.24) is 5.32 Å². The minimum Gasteiger partial charge on any atom is -0.492 e. The van der Waals surface area contributed by atoms with Gasteiger partial charge in [0.25, 0.3) is 0 Å². The molecule has 2 nitrogen and oxygen atoms in total. The molecule has 0 fully saturated rings. The summed E-state index contributed by atoms with van der Waals surface area (Å²) in [5, 5.41) is 4.08. The molecule has 1 aromatic carbocycles. The van der Waals surface area contributed by atoms with E-state index in [9.17, 15) is 0 Å². The van der Waals surface area contributed by atoms with Crippen molar-refractivity contribution in [2.75, 3.05) is 13.2 Å². The van der Waals surface area contributed by atoms with Gasteiger partial charge in [0, 0.05) is 6.04 Å². The highest BCUT2D eigenvalue weighted by Gasteiger charge is 2.02. The van der Waals surface area contributed by atoms with Gasteiger partial charge >= 0.3 is 0 Å². The van der Waals surface area contributed by atoms with Crippen LogP contribution in [0, 0.1) is 0 Å². The number of hydrogen-bond acceptors (Lipinski definition) is 2. The van der Waals surface area contributed by atoms with Crippen LogP contribution in [0.4, 0.5) is 0 Å². The number of hydrogen-bond donors (Lipinski definition) is 1. The van der Waals surface area contributed by atoms with Gasteiger partial charge in [0.2, 0.25) is 0 Å². The Hall–Kier alpha value is -0.730. The van der Waals surface area contributed by atoms with E-state index < -0.39 is 0 Å². The third-order valence-electron chi connectivity index (χ3n) is 2.26. The fraction of sp³-hybridized carbons (Fsp3) is 0.538. The maximum absolute atomic E-state index is 6.10. The van der Waals surface area contributed by atoms with E-state index in [4.69, 9.17) is 16.3 Å².